The van der Waals surface area contributed by atoms with Gasteiger partial charge >= 0.3 is 5.97 Å². The predicted molar refractivity (Wildman–Crippen MR) is 130 cm³/mol. The smallest absolute Gasteiger partial charge is 0.336 e. The first kappa shape index (κ1) is 22.0. The maximum absolute atomic E-state index is 13.5. The molecule has 1 aliphatic carbocycles. The highest BCUT2D eigenvalue weighted by Crippen LogP contribution is 2.46. The number of hydrogen-bond donors (Lipinski definition) is 1. The highest BCUT2D eigenvalue weighted by atomic mass is 16.5. The zero-order valence-corrected chi connectivity index (χ0v) is 19.3. The Kier molecular flexibility index (Phi) is 5.93. The highest BCUT2D eigenvalue weighted by Gasteiger charge is 2.41. The number of furan rings is 1. The summed E-state index contributed by atoms with van der Waals surface area (Å²) in [5.41, 5.74) is 5.84. The molecule has 2 atom stereocenters. The van der Waals surface area contributed by atoms with Crippen molar-refractivity contribution in [3.8, 4) is 11.1 Å². The van der Waals surface area contributed by atoms with Crippen molar-refractivity contribution in [2.75, 3.05) is 6.61 Å². The molecule has 3 aromatic rings. The second-order valence-electron chi connectivity index (χ2n) is 8.74. The van der Waals surface area contributed by atoms with E-state index < -0.39 is 11.9 Å². The molecular weight excluding hydrogens is 426 g/mol. The monoisotopic (exact) mass is 453 g/mol. The van der Waals surface area contributed by atoms with E-state index in [0.29, 0.717) is 24.0 Å². The van der Waals surface area contributed by atoms with E-state index in [-0.39, 0.29) is 18.3 Å². The topological polar surface area (TPSA) is 68.5 Å². The maximum Gasteiger partial charge on any atom is 0.336 e. The van der Waals surface area contributed by atoms with Gasteiger partial charge in [-0.1, -0.05) is 54.6 Å². The van der Waals surface area contributed by atoms with E-state index in [9.17, 15) is 9.59 Å². The number of benzene rings is 2. The first-order chi connectivity index (χ1) is 16.6. The van der Waals surface area contributed by atoms with E-state index in [0.717, 1.165) is 33.8 Å². The average Bonchev–Trinajstić information content (AvgIpc) is 3.39. The zero-order chi connectivity index (χ0) is 23.7. The van der Waals surface area contributed by atoms with Gasteiger partial charge in [0.1, 0.15) is 5.76 Å². The number of carbonyl (C=O) groups is 2. The minimum atomic E-state index is -0.467. The van der Waals surface area contributed by atoms with Crippen molar-refractivity contribution in [3.05, 3.63) is 107 Å². The minimum absolute atomic E-state index is 0.0215. The van der Waals surface area contributed by atoms with Crippen LogP contribution in [0.4, 0.5) is 0 Å². The van der Waals surface area contributed by atoms with Gasteiger partial charge in [-0.2, -0.15) is 0 Å². The lowest BCUT2D eigenvalue weighted by Crippen LogP contribution is -2.36. The summed E-state index contributed by atoms with van der Waals surface area (Å²) in [6.07, 6.45) is 2.64. The fraction of sp³-hybridized carbons (Fsp3) is 0.241. The van der Waals surface area contributed by atoms with Gasteiger partial charge in [-0.25, -0.2) is 4.79 Å². The summed E-state index contributed by atoms with van der Waals surface area (Å²) in [4.78, 5) is 26.6. The quantitative estimate of drug-likeness (QED) is 0.489. The van der Waals surface area contributed by atoms with E-state index >= 15 is 0 Å². The number of dihydropyridines is 1. The number of hydrogen-bond acceptors (Lipinski definition) is 5. The van der Waals surface area contributed by atoms with Crippen LogP contribution in [-0.4, -0.2) is 18.4 Å². The SMILES string of the molecule is CCOC(=O)C1=C(C)NC2=C(C(=O)C[C@H](c3ccco3)C2)[C@H]1c1ccc(-c2ccccc2)cc1. The molecule has 2 aromatic carbocycles. The Morgan fingerprint density at radius 3 is 2.41 bits per heavy atom. The van der Waals surface area contributed by atoms with Gasteiger partial charge in [-0.05, 0) is 49.1 Å². The number of esters is 1. The summed E-state index contributed by atoms with van der Waals surface area (Å²) in [7, 11) is 0. The molecule has 0 amide bonds. The molecule has 172 valence electrons. The minimum Gasteiger partial charge on any atom is -0.469 e. The lowest BCUT2D eigenvalue weighted by molar-refractivity contribution is -0.138. The molecule has 2 heterocycles. The average molecular weight is 454 g/mol. The molecule has 5 rings (SSSR count). The van der Waals surface area contributed by atoms with Crippen molar-refractivity contribution >= 4 is 11.8 Å². The molecule has 0 saturated carbocycles. The molecule has 5 heteroatoms. The maximum atomic E-state index is 13.5. The number of nitrogens with one attached hydrogen (secondary N) is 1. The molecular formula is C29H27NO4. The van der Waals surface area contributed by atoms with Crippen LogP contribution in [-0.2, 0) is 14.3 Å². The Morgan fingerprint density at radius 2 is 1.74 bits per heavy atom. The van der Waals surface area contributed by atoms with Crippen molar-refractivity contribution in [3.63, 3.8) is 0 Å². The lowest BCUT2D eigenvalue weighted by Gasteiger charge is -2.36. The largest absolute Gasteiger partial charge is 0.469 e. The fourth-order valence-electron chi connectivity index (χ4n) is 5.08. The zero-order valence-electron chi connectivity index (χ0n) is 19.3. The van der Waals surface area contributed by atoms with Crippen molar-refractivity contribution in [1.82, 2.24) is 5.32 Å². The van der Waals surface area contributed by atoms with E-state index in [2.05, 4.69) is 17.4 Å². The summed E-state index contributed by atoms with van der Waals surface area (Å²) < 4.78 is 11.0. The third-order valence-corrected chi connectivity index (χ3v) is 6.62. The number of allylic oxidation sites excluding steroid dienone is 3. The standard InChI is InChI=1S/C29H27NO4/c1-3-33-29(32)26-18(2)30-23-16-22(25-10-7-15-34-25)17-24(31)28(23)27(26)21-13-11-20(12-14-21)19-8-5-4-6-9-19/h4-15,22,27,30H,3,16-17H2,1-2H3/t22-,27+/m1/s1. The van der Waals surface area contributed by atoms with Crippen LogP contribution in [0.15, 0.2) is 100.0 Å². The second-order valence-corrected chi connectivity index (χ2v) is 8.74. The molecule has 2 aliphatic rings. The summed E-state index contributed by atoms with van der Waals surface area (Å²) in [6, 6.07) is 22.0. The Balaban J connectivity index is 1.57. The van der Waals surface area contributed by atoms with Gasteiger partial charge in [0.05, 0.1) is 18.4 Å². The third kappa shape index (κ3) is 3.98. The van der Waals surface area contributed by atoms with Crippen molar-refractivity contribution in [2.45, 2.75) is 38.5 Å². The lowest BCUT2D eigenvalue weighted by atomic mass is 9.72. The van der Waals surface area contributed by atoms with Gasteiger partial charge in [0, 0.05) is 35.2 Å². The molecule has 0 bridgehead atoms. The van der Waals surface area contributed by atoms with Crippen LogP contribution >= 0.6 is 0 Å². The van der Waals surface area contributed by atoms with Crippen LogP contribution in [0.1, 0.15) is 49.8 Å². The van der Waals surface area contributed by atoms with Crippen molar-refractivity contribution < 1.29 is 18.7 Å². The summed E-state index contributed by atoms with van der Waals surface area (Å²) in [5.74, 6) is -0.0426. The van der Waals surface area contributed by atoms with Gasteiger partial charge in [0.15, 0.2) is 5.78 Å². The Bertz CT molecular complexity index is 1270. The molecule has 1 aromatic heterocycles. The summed E-state index contributed by atoms with van der Waals surface area (Å²) in [5, 5.41) is 3.36. The van der Waals surface area contributed by atoms with Crippen LogP contribution in [0.5, 0.6) is 0 Å². The first-order valence-corrected chi connectivity index (χ1v) is 11.7. The molecule has 1 N–H and O–H groups in total. The van der Waals surface area contributed by atoms with E-state index in [1.807, 2.05) is 61.5 Å². The van der Waals surface area contributed by atoms with Crippen molar-refractivity contribution in [1.29, 1.82) is 0 Å². The number of Topliss-reactive ketones (excluding diaryl/α,β-unsaturated/α-hetero) is 1. The molecule has 1 aliphatic heterocycles. The van der Waals surface area contributed by atoms with Crippen LogP contribution in [0.25, 0.3) is 11.1 Å². The van der Waals surface area contributed by atoms with Crippen LogP contribution in [0.3, 0.4) is 0 Å². The predicted octanol–water partition coefficient (Wildman–Crippen LogP) is 5.87. The van der Waals surface area contributed by atoms with E-state index in [1.54, 1.807) is 13.2 Å². The fourth-order valence-corrected chi connectivity index (χ4v) is 5.08. The summed E-state index contributed by atoms with van der Waals surface area (Å²) in [6.45, 7) is 3.94. The van der Waals surface area contributed by atoms with Crippen LogP contribution < -0.4 is 5.32 Å². The van der Waals surface area contributed by atoms with E-state index in [4.69, 9.17) is 9.15 Å². The van der Waals surface area contributed by atoms with Gasteiger partial charge in [-0.15, -0.1) is 0 Å². The van der Waals surface area contributed by atoms with Crippen molar-refractivity contribution in [2.24, 2.45) is 0 Å². The molecule has 5 nitrogen and oxygen atoms in total. The molecule has 0 saturated heterocycles. The van der Waals surface area contributed by atoms with Gasteiger partial charge in [0.25, 0.3) is 0 Å². The molecule has 0 radical (unpaired) electrons. The van der Waals surface area contributed by atoms with Gasteiger partial charge < -0.3 is 14.5 Å². The van der Waals surface area contributed by atoms with Gasteiger partial charge in [-0.3, -0.25) is 4.79 Å². The Labute approximate surface area is 199 Å². The molecule has 0 fully saturated rings. The number of ketones is 1. The first-order valence-electron chi connectivity index (χ1n) is 11.7. The molecule has 34 heavy (non-hydrogen) atoms. The van der Waals surface area contributed by atoms with Crippen LogP contribution in [0, 0.1) is 0 Å². The molecule has 0 unspecified atom stereocenters. The number of ether oxygens (including phenoxy) is 1. The number of carbonyl (C=O) groups excluding carboxylic acids is 2. The number of rotatable bonds is 5. The highest BCUT2D eigenvalue weighted by molar-refractivity contribution is 6.04. The van der Waals surface area contributed by atoms with Crippen LogP contribution in [0.2, 0.25) is 0 Å². The Hall–Kier alpha value is -3.86. The van der Waals surface area contributed by atoms with Gasteiger partial charge in [0.2, 0.25) is 0 Å². The third-order valence-electron chi connectivity index (χ3n) is 6.62. The van der Waals surface area contributed by atoms with E-state index in [1.165, 1.54) is 0 Å². The summed E-state index contributed by atoms with van der Waals surface area (Å²) >= 11 is 0. The molecule has 0 spiro atoms. The second kappa shape index (κ2) is 9.18. The Morgan fingerprint density at radius 1 is 1.00 bits per heavy atom. The normalized spacial score (nSPS) is 20.1.